The fraction of sp³-hybridized carbons (Fsp3) is 0.190. The zero-order valence-electron chi connectivity index (χ0n) is 15.4. The van der Waals surface area contributed by atoms with Gasteiger partial charge in [-0.05, 0) is 62.4 Å². The maximum absolute atomic E-state index is 12.5. The zero-order chi connectivity index (χ0) is 19.4. The van der Waals surface area contributed by atoms with Gasteiger partial charge in [-0.2, -0.15) is 0 Å². The summed E-state index contributed by atoms with van der Waals surface area (Å²) in [5.41, 5.74) is 8.85. The molecule has 0 saturated carbocycles. The quantitative estimate of drug-likeness (QED) is 0.679. The molecule has 0 aliphatic rings. The van der Waals surface area contributed by atoms with Gasteiger partial charge in [0.25, 0.3) is 11.8 Å². The third-order valence-electron chi connectivity index (χ3n) is 4.41. The number of hydrogen-bond donors (Lipinski definition) is 2. The number of amides is 2. The zero-order valence-corrected chi connectivity index (χ0v) is 15.4. The Morgan fingerprint density at radius 2 is 1.70 bits per heavy atom. The predicted octanol–water partition coefficient (Wildman–Crippen LogP) is 3.55. The Morgan fingerprint density at radius 1 is 1.00 bits per heavy atom. The van der Waals surface area contributed by atoms with Crippen LogP contribution in [-0.4, -0.2) is 34.8 Å². The standard InChI is InChI=1S/C21H22N4O2/c1-3-25(4-2)21(27)14-5-8-18(9-6-14)24-20(26)16-11-15-12-17(22)7-10-19(15)23-13-16/h5-13H,3-4,22H2,1-2H3,(H,24,26). The molecule has 1 aromatic heterocycles. The summed E-state index contributed by atoms with van der Waals surface area (Å²) >= 11 is 0. The smallest absolute Gasteiger partial charge is 0.257 e. The van der Waals surface area contributed by atoms with Gasteiger partial charge in [0, 0.05) is 41.6 Å². The summed E-state index contributed by atoms with van der Waals surface area (Å²) < 4.78 is 0. The molecule has 6 heteroatoms. The van der Waals surface area contributed by atoms with Crippen LogP contribution in [0.25, 0.3) is 10.9 Å². The molecule has 0 fully saturated rings. The molecule has 0 aliphatic heterocycles. The summed E-state index contributed by atoms with van der Waals surface area (Å²) in [5, 5.41) is 3.63. The van der Waals surface area contributed by atoms with Crippen LogP contribution in [0.15, 0.2) is 54.7 Å². The molecule has 0 aliphatic carbocycles. The lowest BCUT2D eigenvalue weighted by atomic mass is 10.1. The molecular formula is C21H22N4O2. The molecule has 3 aromatic rings. The van der Waals surface area contributed by atoms with Gasteiger partial charge in [0.05, 0.1) is 11.1 Å². The van der Waals surface area contributed by atoms with E-state index in [4.69, 9.17) is 5.73 Å². The Morgan fingerprint density at radius 3 is 2.37 bits per heavy atom. The van der Waals surface area contributed by atoms with Gasteiger partial charge in [-0.1, -0.05) is 0 Å². The van der Waals surface area contributed by atoms with Gasteiger partial charge in [0.15, 0.2) is 0 Å². The van der Waals surface area contributed by atoms with Crippen LogP contribution < -0.4 is 11.1 Å². The number of rotatable bonds is 5. The average Bonchev–Trinajstić information content (AvgIpc) is 2.68. The number of carbonyl (C=O) groups excluding carboxylic acids is 2. The van der Waals surface area contributed by atoms with E-state index in [1.54, 1.807) is 47.4 Å². The van der Waals surface area contributed by atoms with Crippen molar-refractivity contribution in [3.63, 3.8) is 0 Å². The van der Waals surface area contributed by atoms with Crippen molar-refractivity contribution >= 4 is 34.1 Å². The van der Waals surface area contributed by atoms with Gasteiger partial charge in [-0.25, -0.2) is 0 Å². The number of pyridine rings is 1. The van der Waals surface area contributed by atoms with Crippen LogP contribution in [0.3, 0.4) is 0 Å². The Kier molecular flexibility index (Phi) is 5.35. The Balaban J connectivity index is 1.75. The molecule has 3 rings (SSSR count). The number of nitrogens with two attached hydrogens (primary N) is 1. The molecule has 0 bridgehead atoms. The Bertz CT molecular complexity index is 979. The first-order valence-electron chi connectivity index (χ1n) is 8.87. The molecule has 138 valence electrons. The SMILES string of the molecule is CCN(CC)C(=O)c1ccc(NC(=O)c2cnc3ccc(N)cc3c2)cc1. The van der Waals surface area contributed by atoms with Crippen molar-refractivity contribution in [1.29, 1.82) is 0 Å². The number of aromatic nitrogens is 1. The number of nitrogens with zero attached hydrogens (tertiary/aromatic N) is 2. The molecule has 2 aromatic carbocycles. The van der Waals surface area contributed by atoms with Crippen LogP contribution in [0.4, 0.5) is 11.4 Å². The van der Waals surface area contributed by atoms with Crippen molar-refractivity contribution in [2.24, 2.45) is 0 Å². The topological polar surface area (TPSA) is 88.3 Å². The van der Waals surface area contributed by atoms with E-state index in [2.05, 4.69) is 10.3 Å². The van der Waals surface area contributed by atoms with Crippen LogP contribution in [0.1, 0.15) is 34.6 Å². The predicted molar refractivity (Wildman–Crippen MR) is 108 cm³/mol. The monoisotopic (exact) mass is 362 g/mol. The van der Waals surface area contributed by atoms with E-state index in [0.29, 0.717) is 35.6 Å². The molecule has 0 unspecified atom stereocenters. The minimum absolute atomic E-state index is 0.0193. The Labute approximate surface area is 158 Å². The van der Waals surface area contributed by atoms with Gasteiger partial charge >= 0.3 is 0 Å². The van der Waals surface area contributed by atoms with Crippen LogP contribution >= 0.6 is 0 Å². The summed E-state index contributed by atoms with van der Waals surface area (Å²) in [6.07, 6.45) is 1.53. The van der Waals surface area contributed by atoms with Gasteiger partial charge in [0.2, 0.25) is 0 Å². The van der Waals surface area contributed by atoms with Crippen LogP contribution in [0.2, 0.25) is 0 Å². The first-order chi connectivity index (χ1) is 13.0. The average molecular weight is 362 g/mol. The van der Waals surface area contributed by atoms with Crippen molar-refractivity contribution in [2.45, 2.75) is 13.8 Å². The van der Waals surface area contributed by atoms with E-state index < -0.39 is 0 Å². The lowest BCUT2D eigenvalue weighted by molar-refractivity contribution is 0.0773. The van der Waals surface area contributed by atoms with Crippen LogP contribution in [-0.2, 0) is 0 Å². The highest BCUT2D eigenvalue weighted by molar-refractivity contribution is 6.06. The molecule has 27 heavy (non-hydrogen) atoms. The van der Waals surface area contributed by atoms with Crippen molar-refractivity contribution in [3.05, 3.63) is 65.9 Å². The van der Waals surface area contributed by atoms with E-state index in [-0.39, 0.29) is 11.8 Å². The van der Waals surface area contributed by atoms with E-state index in [1.165, 1.54) is 6.20 Å². The number of benzene rings is 2. The Hall–Kier alpha value is -3.41. The van der Waals surface area contributed by atoms with Gasteiger partial charge < -0.3 is 16.0 Å². The number of nitrogens with one attached hydrogen (secondary N) is 1. The third-order valence-corrected chi connectivity index (χ3v) is 4.41. The van der Waals surface area contributed by atoms with E-state index in [0.717, 1.165) is 10.9 Å². The summed E-state index contributed by atoms with van der Waals surface area (Å²) in [4.78, 5) is 30.9. The number of anilines is 2. The van der Waals surface area contributed by atoms with E-state index >= 15 is 0 Å². The second kappa shape index (κ2) is 7.86. The van der Waals surface area contributed by atoms with Crippen LogP contribution in [0.5, 0.6) is 0 Å². The summed E-state index contributed by atoms with van der Waals surface area (Å²) in [6.45, 7) is 5.21. The molecule has 6 nitrogen and oxygen atoms in total. The minimum atomic E-state index is -0.269. The van der Waals surface area contributed by atoms with Gasteiger partial charge in [-0.3, -0.25) is 14.6 Å². The van der Waals surface area contributed by atoms with Crippen LogP contribution in [0, 0.1) is 0 Å². The molecule has 2 amide bonds. The van der Waals surface area contributed by atoms with Crippen molar-refractivity contribution < 1.29 is 9.59 Å². The lowest BCUT2D eigenvalue weighted by Crippen LogP contribution is -2.30. The molecule has 3 N–H and O–H groups in total. The number of nitrogen functional groups attached to an aromatic ring is 1. The lowest BCUT2D eigenvalue weighted by Gasteiger charge is -2.18. The van der Waals surface area contributed by atoms with Crippen molar-refractivity contribution in [2.75, 3.05) is 24.1 Å². The molecule has 1 heterocycles. The van der Waals surface area contributed by atoms with Crippen molar-refractivity contribution in [1.82, 2.24) is 9.88 Å². The molecule has 0 atom stereocenters. The highest BCUT2D eigenvalue weighted by Gasteiger charge is 2.13. The largest absolute Gasteiger partial charge is 0.399 e. The maximum Gasteiger partial charge on any atom is 0.257 e. The van der Waals surface area contributed by atoms with Gasteiger partial charge in [0.1, 0.15) is 0 Å². The first kappa shape index (κ1) is 18.4. The van der Waals surface area contributed by atoms with E-state index in [1.807, 2.05) is 19.9 Å². The fourth-order valence-corrected chi connectivity index (χ4v) is 2.87. The van der Waals surface area contributed by atoms with E-state index in [9.17, 15) is 9.59 Å². The second-order valence-electron chi connectivity index (χ2n) is 6.19. The summed E-state index contributed by atoms with van der Waals surface area (Å²) in [6, 6.07) is 14.0. The van der Waals surface area contributed by atoms with Crippen molar-refractivity contribution in [3.8, 4) is 0 Å². The maximum atomic E-state index is 12.5. The number of fused-ring (bicyclic) bond motifs is 1. The third kappa shape index (κ3) is 4.06. The molecule has 0 saturated heterocycles. The first-order valence-corrected chi connectivity index (χ1v) is 8.87. The highest BCUT2D eigenvalue weighted by Crippen LogP contribution is 2.18. The minimum Gasteiger partial charge on any atom is -0.399 e. The summed E-state index contributed by atoms with van der Waals surface area (Å²) in [5.74, 6) is -0.288. The second-order valence-corrected chi connectivity index (χ2v) is 6.19. The highest BCUT2D eigenvalue weighted by atomic mass is 16.2. The molecule has 0 spiro atoms. The number of hydrogen-bond acceptors (Lipinski definition) is 4. The van der Waals surface area contributed by atoms with Gasteiger partial charge in [-0.15, -0.1) is 0 Å². The molecule has 0 radical (unpaired) electrons. The fourth-order valence-electron chi connectivity index (χ4n) is 2.87. The normalized spacial score (nSPS) is 10.6. The summed E-state index contributed by atoms with van der Waals surface area (Å²) in [7, 11) is 0. The molecular weight excluding hydrogens is 340 g/mol. The number of carbonyl (C=O) groups is 2.